The zero-order valence-corrected chi connectivity index (χ0v) is 8.31. The summed E-state index contributed by atoms with van der Waals surface area (Å²) in [5, 5.41) is 16.4. The fourth-order valence-electron chi connectivity index (χ4n) is 1.15. The van der Waals surface area contributed by atoms with Crippen LogP contribution in [0.1, 0.15) is 11.8 Å². The van der Waals surface area contributed by atoms with Crippen LogP contribution in [0.15, 0.2) is 17.1 Å². The molecule has 78 valence electrons. The second-order valence-electron chi connectivity index (χ2n) is 2.96. The molecule has 1 aromatic heterocycles. The normalized spacial score (nSPS) is 10.8. The third kappa shape index (κ3) is 3.27. The van der Waals surface area contributed by atoms with E-state index >= 15 is 0 Å². The summed E-state index contributed by atoms with van der Waals surface area (Å²) in [5.41, 5.74) is 0. The average Bonchev–Trinajstić information content (AvgIpc) is 2.52. The van der Waals surface area contributed by atoms with E-state index in [1.54, 1.807) is 13.0 Å². The molecule has 0 radical (unpaired) electrons. The van der Waals surface area contributed by atoms with E-state index in [-0.39, 0.29) is 6.61 Å². The molecule has 1 N–H and O–H groups in total. The van der Waals surface area contributed by atoms with Crippen molar-refractivity contribution in [2.45, 2.75) is 13.5 Å². The Morgan fingerprint density at radius 2 is 2.36 bits per heavy atom. The van der Waals surface area contributed by atoms with Crippen LogP contribution in [0.4, 0.5) is 0 Å². The molecule has 5 heteroatoms. The maximum Gasteiger partial charge on any atom is 0.230 e. The molecule has 0 aliphatic rings. The summed E-state index contributed by atoms with van der Waals surface area (Å²) < 4.78 is 5.23. The van der Waals surface area contributed by atoms with Crippen LogP contribution in [-0.2, 0) is 6.54 Å². The molecule has 1 heterocycles. The van der Waals surface area contributed by atoms with Crippen LogP contribution < -0.4 is 0 Å². The summed E-state index contributed by atoms with van der Waals surface area (Å²) in [6.07, 6.45) is 1.78. The highest BCUT2D eigenvalue weighted by Gasteiger charge is 2.08. The van der Waals surface area contributed by atoms with E-state index in [1.165, 1.54) is 0 Å². The van der Waals surface area contributed by atoms with Gasteiger partial charge in [0, 0.05) is 20.0 Å². The van der Waals surface area contributed by atoms with Gasteiger partial charge in [0.1, 0.15) is 0 Å². The van der Waals surface area contributed by atoms with Gasteiger partial charge in [-0.05, 0) is 0 Å². The summed E-state index contributed by atoms with van der Waals surface area (Å²) in [5.74, 6) is 1.13. The van der Waals surface area contributed by atoms with Crippen molar-refractivity contribution in [2.75, 3.05) is 19.7 Å². The topological polar surface area (TPSA) is 62.4 Å². The molecule has 0 saturated carbocycles. The maximum atomic E-state index is 8.80. The number of nitrogens with zero attached hydrogens (tertiary/aromatic N) is 3. The molecular weight excluding hydrogens is 182 g/mol. The van der Waals surface area contributed by atoms with E-state index in [4.69, 9.17) is 9.52 Å². The molecule has 0 atom stereocenters. The van der Waals surface area contributed by atoms with Crippen LogP contribution in [0.25, 0.3) is 0 Å². The molecule has 0 fully saturated rings. The van der Waals surface area contributed by atoms with Crippen molar-refractivity contribution in [3.63, 3.8) is 0 Å². The number of aromatic nitrogens is 2. The minimum absolute atomic E-state index is 0.112. The van der Waals surface area contributed by atoms with Crippen LogP contribution in [0.3, 0.4) is 0 Å². The lowest BCUT2D eigenvalue weighted by molar-refractivity contribution is 0.191. The second kappa shape index (κ2) is 5.51. The molecule has 1 rings (SSSR count). The Hall–Kier alpha value is -1.20. The zero-order valence-electron chi connectivity index (χ0n) is 8.31. The largest absolute Gasteiger partial charge is 0.424 e. The Morgan fingerprint density at radius 1 is 1.57 bits per heavy atom. The van der Waals surface area contributed by atoms with Gasteiger partial charge in [-0.3, -0.25) is 4.90 Å². The molecular formula is C9H15N3O2. The molecule has 0 bridgehead atoms. The zero-order chi connectivity index (χ0) is 10.4. The van der Waals surface area contributed by atoms with Crippen LogP contribution >= 0.6 is 0 Å². The smallest absolute Gasteiger partial charge is 0.230 e. The van der Waals surface area contributed by atoms with Gasteiger partial charge in [-0.25, -0.2) is 0 Å². The van der Waals surface area contributed by atoms with Crippen LogP contribution in [0.2, 0.25) is 0 Å². The van der Waals surface area contributed by atoms with Gasteiger partial charge in [-0.15, -0.1) is 16.8 Å². The molecule has 1 aromatic rings. The van der Waals surface area contributed by atoms with Crippen molar-refractivity contribution in [2.24, 2.45) is 0 Å². The Labute approximate surface area is 83.1 Å². The van der Waals surface area contributed by atoms with Gasteiger partial charge in [0.25, 0.3) is 0 Å². The van der Waals surface area contributed by atoms with Crippen molar-refractivity contribution in [1.82, 2.24) is 15.1 Å². The standard InChI is InChI=1S/C9H15N3O2/c1-3-4-12(5-6-13)7-9-11-10-8(2)14-9/h3,13H,1,4-7H2,2H3. The summed E-state index contributed by atoms with van der Waals surface area (Å²) in [4.78, 5) is 1.97. The lowest BCUT2D eigenvalue weighted by atomic mass is 10.4. The molecule has 0 aliphatic carbocycles. The van der Waals surface area contributed by atoms with Gasteiger partial charge >= 0.3 is 0 Å². The van der Waals surface area contributed by atoms with Gasteiger partial charge in [-0.2, -0.15) is 0 Å². The predicted octanol–water partition coefficient (Wildman–Crippen LogP) is 0.358. The van der Waals surface area contributed by atoms with E-state index in [2.05, 4.69) is 16.8 Å². The van der Waals surface area contributed by atoms with Gasteiger partial charge in [0.15, 0.2) is 0 Å². The number of aryl methyl sites for hydroxylation is 1. The average molecular weight is 197 g/mol. The second-order valence-corrected chi connectivity index (χ2v) is 2.96. The highest BCUT2D eigenvalue weighted by Crippen LogP contribution is 2.02. The van der Waals surface area contributed by atoms with Gasteiger partial charge < -0.3 is 9.52 Å². The minimum Gasteiger partial charge on any atom is -0.424 e. The van der Waals surface area contributed by atoms with Gasteiger partial charge in [0.05, 0.1) is 13.2 Å². The first-order chi connectivity index (χ1) is 6.76. The molecule has 5 nitrogen and oxygen atoms in total. The lowest BCUT2D eigenvalue weighted by Gasteiger charge is -2.16. The SMILES string of the molecule is C=CCN(CCO)Cc1nnc(C)o1. The van der Waals surface area contributed by atoms with Crippen molar-refractivity contribution in [1.29, 1.82) is 0 Å². The summed E-state index contributed by atoms with van der Waals surface area (Å²) in [6, 6.07) is 0. The van der Waals surface area contributed by atoms with E-state index in [9.17, 15) is 0 Å². The third-order valence-electron chi connectivity index (χ3n) is 1.73. The maximum absolute atomic E-state index is 8.80. The van der Waals surface area contributed by atoms with Crippen molar-refractivity contribution in [3.05, 3.63) is 24.4 Å². The number of hydrogen-bond donors (Lipinski definition) is 1. The number of aliphatic hydroxyl groups excluding tert-OH is 1. The molecule has 0 aliphatic heterocycles. The summed E-state index contributed by atoms with van der Waals surface area (Å²) in [7, 11) is 0. The first-order valence-corrected chi connectivity index (χ1v) is 4.49. The van der Waals surface area contributed by atoms with Crippen molar-refractivity contribution in [3.8, 4) is 0 Å². The number of aliphatic hydroxyl groups is 1. The van der Waals surface area contributed by atoms with E-state index in [0.717, 1.165) is 0 Å². The Morgan fingerprint density at radius 3 is 2.86 bits per heavy atom. The first kappa shape index (κ1) is 10.9. The fraction of sp³-hybridized carbons (Fsp3) is 0.556. The van der Waals surface area contributed by atoms with E-state index < -0.39 is 0 Å². The monoisotopic (exact) mass is 197 g/mol. The van der Waals surface area contributed by atoms with Gasteiger partial charge in [0.2, 0.25) is 11.8 Å². The Balaban J connectivity index is 2.49. The molecule has 0 saturated heterocycles. The summed E-state index contributed by atoms with van der Waals surface area (Å²) in [6.45, 7) is 7.32. The Kier molecular flexibility index (Phi) is 4.28. The number of rotatable bonds is 6. The highest BCUT2D eigenvalue weighted by molar-refractivity contribution is 4.81. The van der Waals surface area contributed by atoms with E-state index in [1.807, 2.05) is 4.90 Å². The molecule has 0 unspecified atom stereocenters. The predicted molar refractivity (Wildman–Crippen MR) is 51.6 cm³/mol. The third-order valence-corrected chi connectivity index (χ3v) is 1.73. The fourth-order valence-corrected chi connectivity index (χ4v) is 1.15. The highest BCUT2D eigenvalue weighted by atomic mass is 16.4. The molecule has 0 aromatic carbocycles. The lowest BCUT2D eigenvalue weighted by Crippen LogP contribution is -2.26. The summed E-state index contributed by atoms with van der Waals surface area (Å²) >= 11 is 0. The molecule has 0 amide bonds. The van der Waals surface area contributed by atoms with Gasteiger partial charge in [-0.1, -0.05) is 6.08 Å². The van der Waals surface area contributed by atoms with Crippen LogP contribution in [0, 0.1) is 6.92 Å². The first-order valence-electron chi connectivity index (χ1n) is 4.49. The molecule has 0 spiro atoms. The number of hydrogen-bond acceptors (Lipinski definition) is 5. The Bertz CT molecular complexity index is 285. The quantitative estimate of drug-likeness (QED) is 0.667. The van der Waals surface area contributed by atoms with Crippen molar-refractivity contribution >= 4 is 0 Å². The van der Waals surface area contributed by atoms with E-state index in [0.29, 0.717) is 31.4 Å². The van der Waals surface area contributed by atoms with Crippen LogP contribution in [0.5, 0.6) is 0 Å². The van der Waals surface area contributed by atoms with Crippen LogP contribution in [-0.4, -0.2) is 39.9 Å². The molecule has 14 heavy (non-hydrogen) atoms. The minimum atomic E-state index is 0.112. The van der Waals surface area contributed by atoms with Crippen molar-refractivity contribution < 1.29 is 9.52 Å².